The number of hydrogen-bond donors (Lipinski definition) is 3. The van der Waals surface area contributed by atoms with Crippen LogP contribution in [0.25, 0.3) is 11.2 Å². The van der Waals surface area contributed by atoms with Gasteiger partial charge in [-0.3, -0.25) is 14.7 Å². The van der Waals surface area contributed by atoms with Crippen molar-refractivity contribution in [2.24, 2.45) is 0 Å². The number of nitrogens with two attached hydrogens (primary N) is 1. The number of carbonyl (C=O) groups is 1. The summed E-state index contributed by atoms with van der Waals surface area (Å²) in [5.74, 6) is 2.06. The maximum Gasteiger partial charge on any atom is 0.530 e. The van der Waals surface area contributed by atoms with Crippen LogP contribution in [0.5, 0.6) is 0 Å². The number of nitrogens with one attached hydrogen (secondary N) is 1. The normalized spacial score (nSPS) is 23.9. The van der Waals surface area contributed by atoms with Crippen LogP contribution in [-0.2, 0) is 23.4 Å². The van der Waals surface area contributed by atoms with Crippen molar-refractivity contribution in [2.75, 3.05) is 12.3 Å². The molecule has 12 nitrogen and oxygen atoms in total. The fourth-order valence-corrected chi connectivity index (χ4v) is 4.74. The molecule has 1 saturated heterocycles. The summed E-state index contributed by atoms with van der Waals surface area (Å²) in [6, 6.07) is -0.731. The highest BCUT2D eigenvalue weighted by Crippen LogP contribution is 2.43. The molecule has 1 aliphatic rings. The maximum atomic E-state index is 13.0. The summed E-state index contributed by atoms with van der Waals surface area (Å²) in [4.78, 5) is 24.3. The van der Waals surface area contributed by atoms with Crippen molar-refractivity contribution in [2.45, 2.75) is 76.4 Å². The molecule has 1 aliphatic heterocycles. The highest BCUT2D eigenvalue weighted by Gasteiger charge is 2.52. The molecule has 14 heteroatoms. The molecule has 0 radical (unpaired) electrons. The number of nitrogens with zero attached hydrogens (tertiary/aromatic N) is 4. The van der Waals surface area contributed by atoms with Crippen molar-refractivity contribution >= 4 is 42.6 Å². The lowest BCUT2D eigenvalue weighted by molar-refractivity contribution is -0.149. The van der Waals surface area contributed by atoms with Gasteiger partial charge in [-0.15, -0.1) is 10.9 Å². The molecule has 0 amide bonds. The largest absolute Gasteiger partial charge is 0.530 e. The highest BCUT2D eigenvalue weighted by atomic mass is 35.5. The van der Waals surface area contributed by atoms with E-state index in [-0.39, 0.29) is 30.2 Å². The number of carbonyl (C=O) groups excluding carboxylic acids is 1. The van der Waals surface area contributed by atoms with Crippen LogP contribution in [0.15, 0.2) is 6.33 Å². The Kier molecular flexibility index (Phi) is 8.01. The summed E-state index contributed by atoms with van der Waals surface area (Å²) in [5, 5.41) is 12.5. The third kappa shape index (κ3) is 5.72. The van der Waals surface area contributed by atoms with Crippen molar-refractivity contribution in [3.63, 3.8) is 0 Å². The zero-order valence-electron chi connectivity index (χ0n) is 20.1. The summed E-state index contributed by atoms with van der Waals surface area (Å²) in [7, 11) is -2.40. The minimum absolute atomic E-state index is 0.0694. The zero-order chi connectivity index (χ0) is 26.1. The van der Waals surface area contributed by atoms with Gasteiger partial charge in [0, 0.05) is 20.3 Å². The number of terminal acetylenes is 1. The van der Waals surface area contributed by atoms with Crippen molar-refractivity contribution in [1.29, 1.82) is 0 Å². The Labute approximate surface area is 208 Å². The van der Waals surface area contributed by atoms with Crippen LogP contribution >= 0.6 is 19.6 Å². The number of hydrogen-bond acceptors (Lipinski definition) is 11. The van der Waals surface area contributed by atoms with Gasteiger partial charge in [-0.25, -0.2) is 4.98 Å². The third-order valence-corrected chi connectivity index (χ3v) is 6.99. The number of imidazole rings is 1. The Balaban J connectivity index is 1.71. The lowest BCUT2D eigenvalue weighted by atomic mass is 9.99. The van der Waals surface area contributed by atoms with Gasteiger partial charge in [0.1, 0.15) is 30.5 Å². The van der Waals surface area contributed by atoms with Gasteiger partial charge in [0.05, 0.1) is 12.4 Å². The van der Waals surface area contributed by atoms with Gasteiger partial charge in [-0.2, -0.15) is 9.97 Å². The minimum atomic E-state index is -2.40. The number of aliphatic hydroxyl groups excluding tert-OH is 1. The van der Waals surface area contributed by atoms with E-state index < -0.39 is 43.3 Å². The topological polar surface area (TPSA) is 164 Å². The molecule has 35 heavy (non-hydrogen) atoms. The van der Waals surface area contributed by atoms with Gasteiger partial charge in [-0.1, -0.05) is 5.92 Å². The maximum absolute atomic E-state index is 13.0. The van der Waals surface area contributed by atoms with E-state index in [1.54, 1.807) is 34.6 Å². The van der Waals surface area contributed by atoms with E-state index in [1.807, 2.05) is 0 Å². The number of anilines is 1. The van der Waals surface area contributed by atoms with Gasteiger partial charge in [0.15, 0.2) is 17.1 Å². The van der Waals surface area contributed by atoms with Crippen molar-refractivity contribution < 1.29 is 28.5 Å². The number of rotatable bonds is 9. The lowest BCUT2D eigenvalue weighted by Crippen LogP contribution is -2.48. The first-order valence-corrected chi connectivity index (χ1v) is 12.4. The first kappa shape index (κ1) is 27.2. The fourth-order valence-electron chi connectivity index (χ4n) is 3.64. The molecule has 190 valence electrons. The van der Waals surface area contributed by atoms with Crippen molar-refractivity contribution in [3.05, 3.63) is 11.6 Å². The van der Waals surface area contributed by atoms with E-state index in [2.05, 4.69) is 26.2 Å². The predicted octanol–water partition coefficient (Wildman–Crippen LogP) is 2.14. The standard InChI is InChI=1S/C21H29ClN6O6P/c1-7-21(9-32-35(31)20(5,6)27-12(4)18(30)33-11(2)3)13(29)8-14(34-21)28-10-24-15-16(23)25-19(22)26-17(15)28/h1,10-14,27,29H,8-9H2,2-6H3,(H2,23,25,26)/q+1/t12-,13+,14-,21-/m1/s1. The van der Waals surface area contributed by atoms with Crippen molar-refractivity contribution in [1.82, 2.24) is 24.8 Å². The van der Waals surface area contributed by atoms with Crippen LogP contribution in [0, 0.1) is 12.3 Å². The molecule has 2 aromatic rings. The molecule has 5 atom stereocenters. The zero-order valence-corrected chi connectivity index (χ0v) is 21.7. The smallest absolute Gasteiger partial charge is 0.462 e. The lowest BCUT2D eigenvalue weighted by Gasteiger charge is -2.25. The number of ether oxygens (including phenoxy) is 2. The molecular formula is C21H29ClN6O6P+. The second-order valence-corrected chi connectivity index (χ2v) is 11.2. The number of aliphatic hydroxyl groups is 1. The number of esters is 1. The van der Waals surface area contributed by atoms with E-state index in [0.29, 0.717) is 11.2 Å². The van der Waals surface area contributed by atoms with Crippen LogP contribution in [-0.4, -0.2) is 66.3 Å². The Bertz CT molecular complexity index is 1170. The van der Waals surface area contributed by atoms with Crippen molar-refractivity contribution in [3.8, 4) is 12.3 Å². The minimum Gasteiger partial charge on any atom is -0.462 e. The summed E-state index contributed by atoms with van der Waals surface area (Å²) in [5.41, 5.74) is 4.90. The first-order valence-electron chi connectivity index (χ1n) is 10.9. The second kappa shape index (κ2) is 10.3. The van der Waals surface area contributed by atoms with Gasteiger partial charge in [0.2, 0.25) is 10.6 Å². The predicted molar refractivity (Wildman–Crippen MR) is 129 cm³/mol. The average Bonchev–Trinajstić information content (AvgIpc) is 3.32. The fraction of sp³-hybridized carbons (Fsp3) is 0.619. The molecule has 4 N–H and O–H groups in total. The van der Waals surface area contributed by atoms with Crippen LogP contribution in [0.1, 0.15) is 47.3 Å². The van der Waals surface area contributed by atoms with Crippen LogP contribution in [0.4, 0.5) is 5.82 Å². The monoisotopic (exact) mass is 527 g/mol. The molecule has 0 aromatic carbocycles. The van der Waals surface area contributed by atoms with E-state index in [9.17, 15) is 14.5 Å². The molecular weight excluding hydrogens is 499 g/mol. The summed E-state index contributed by atoms with van der Waals surface area (Å²) < 4.78 is 31.3. The van der Waals surface area contributed by atoms with Crippen LogP contribution < -0.4 is 11.1 Å². The average molecular weight is 528 g/mol. The number of nitrogen functional groups attached to an aromatic ring is 1. The second-order valence-electron chi connectivity index (χ2n) is 9.00. The third-order valence-electron chi connectivity index (χ3n) is 5.41. The highest BCUT2D eigenvalue weighted by molar-refractivity contribution is 7.41. The Morgan fingerprint density at radius 3 is 2.83 bits per heavy atom. The molecule has 0 saturated carbocycles. The molecule has 0 aliphatic carbocycles. The molecule has 2 aromatic heterocycles. The molecule has 1 unspecified atom stereocenters. The molecule has 3 rings (SSSR count). The summed E-state index contributed by atoms with van der Waals surface area (Å²) >= 11 is 5.93. The van der Waals surface area contributed by atoms with Gasteiger partial charge in [-0.05, 0) is 36.9 Å². The molecule has 3 heterocycles. The van der Waals surface area contributed by atoms with Gasteiger partial charge in [0.25, 0.3) is 0 Å². The van der Waals surface area contributed by atoms with E-state index in [4.69, 9.17) is 37.8 Å². The summed E-state index contributed by atoms with van der Waals surface area (Å²) in [6.07, 6.45) is 5.03. The van der Waals surface area contributed by atoms with E-state index in [0.717, 1.165) is 0 Å². The molecule has 0 spiro atoms. The molecule has 0 bridgehead atoms. The van der Waals surface area contributed by atoms with Gasteiger partial charge >= 0.3 is 14.0 Å². The van der Waals surface area contributed by atoms with E-state index >= 15 is 0 Å². The number of fused-ring (bicyclic) bond motifs is 1. The van der Waals surface area contributed by atoms with E-state index in [1.165, 1.54) is 10.9 Å². The van der Waals surface area contributed by atoms with Crippen LogP contribution in [0.3, 0.4) is 0 Å². The summed E-state index contributed by atoms with van der Waals surface area (Å²) in [6.45, 7) is 7.95. The number of aromatic nitrogens is 4. The van der Waals surface area contributed by atoms with Gasteiger partial charge < -0.3 is 20.3 Å². The quantitative estimate of drug-likeness (QED) is 0.189. The Hall–Kier alpha value is -2.39. The van der Waals surface area contributed by atoms with Crippen LogP contribution in [0.2, 0.25) is 5.28 Å². The Morgan fingerprint density at radius 1 is 1.51 bits per heavy atom. The SMILES string of the molecule is C#C[C@]1(CO[P+](=O)C(C)(C)N[C@H](C)C(=O)OC(C)C)O[C@@H](n2cnc3c(N)nc(Cl)nc32)C[C@@H]1O. The first-order chi connectivity index (χ1) is 16.3. The number of halogens is 1. The Morgan fingerprint density at radius 2 is 2.20 bits per heavy atom. The molecule has 1 fully saturated rings.